The first-order valence-corrected chi connectivity index (χ1v) is 10.9. The topological polar surface area (TPSA) is 41.6 Å². The van der Waals surface area contributed by atoms with E-state index in [0.717, 1.165) is 26.3 Å². The van der Waals surface area contributed by atoms with E-state index in [2.05, 4.69) is 73.5 Å². The third-order valence-corrected chi connectivity index (χ3v) is 6.31. The van der Waals surface area contributed by atoms with Gasteiger partial charge < -0.3 is 10.1 Å². The summed E-state index contributed by atoms with van der Waals surface area (Å²) in [5.74, 6) is 0.505. The lowest BCUT2D eigenvalue weighted by atomic mass is 9.98. The molecule has 1 heterocycles. The van der Waals surface area contributed by atoms with Crippen molar-refractivity contribution in [2.75, 3.05) is 32.1 Å². The van der Waals surface area contributed by atoms with Gasteiger partial charge >= 0.3 is 0 Å². The molecular weight excluding hydrogens is 368 g/mol. The Kier molecular flexibility index (Phi) is 7.54. The first-order valence-electron chi connectivity index (χ1n) is 9.91. The molecule has 1 N–H and O–H groups in total. The molecule has 0 aromatic heterocycles. The van der Waals surface area contributed by atoms with Crippen LogP contribution in [-0.4, -0.2) is 48.9 Å². The van der Waals surface area contributed by atoms with Crippen molar-refractivity contribution >= 4 is 17.7 Å². The van der Waals surface area contributed by atoms with Crippen molar-refractivity contribution < 1.29 is 9.53 Å². The normalized spacial score (nSPS) is 17.1. The van der Waals surface area contributed by atoms with Crippen LogP contribution in [0.3, 0.4) is 0 Å². The number of carbonyl (C=O) groups excluding carboxylic acids is 1. The minimum absolute atomic E-state index is 0.0210. The number of benzene rings is 2. The summed E-state index contributed by atoms with van der Waals surface area (Å²) >= 11 is 1.60. The van der Waals surface area contributed by atoms with Gasteiger partial charge in [0.15, 0.2) is 0 Å². The second kappa shape index (κ2) is 10.1. The standard InChI is InChI=1S/C23H30N2O2S/c1-17-9-10-21(18(2)15-17)28-16-22(26)24-19(3)23(20-7-5-4-6-8-20)25-11-13-27-14-12-25/h4-10,15,19,23H,11-14,16H2,1-3H3,(H,24,26)/t19-,23-/m0/s1. The highest BCUT2D eigenvalue weighted by Crippen LogP contribution is 2.26. The van der Waals surface area contributed by atoms with Gasteiger partial charge in [-0.25, -0.2) is 0 Å². The number of amides is 1. The minimum atomic E-state index is 0.0210. The van der Waals surface area contributed by atoms with E-state index in [1.807, 2.05) is 6.07 Å². The SMILES string of the molecule is Cc1ccc(SCC(=O)N[C@@H](C)[C@@H](c2ccccc2)N2CCOCC2)c(C)c1. The molecule has 1 aliphatic heterocycles. The summed E-state index contributed by atoms with van der Waals surface area (Å²) in [6.07, 6.45) is 0. The lowest BCUT2D eigenvalue weighted by Gasteiger charge is -2.38. The van der Waals surface area contributed by atoms with Gasteiger partial charge in [0.25, 0.3) is 0 Å². The Balaban J connectivity index is 1.63. The predicted octanol–water partition coefficient (Wildman–Crippen LogP) is 3.97. The molecule has 0 unspecified atom stereocenters. The van der Waals surface area contributed by atoms with E-state index >= 15 is 0 Å². The summed E-state index contributed by atoms with van der Waals surface area (Å²) in [6.45, 7) is 9.55. The number of nitrogens with one attached hydrogen (secondary N) is 1. The van der Waals surface area contributed by atoms with Crippen molar-refractivity contribution in [3.8, 4) is 0 Å². The zero-order chi connectivity index (χ0) is 19.9. The van der Waals surface area contributed by atoms with Gasteiger partial charge in [-0.2, -0.15) is 0 Å². The van der Waals surface area contributed by atoms with Crippen LogP contribution in [0, 0.1) is 13.8 Å². The summed E-state index contributed by atoms with van der Waals surface area (Å²) in [6, 6.07) is 17.0. The Morgan fingerprint density at radius 1 is 1.14 bits per heavy atom. The number of rotatable bonds is 7. The third kappa shape index (κ3) is 5.60. The Hall–Kier alpha value is -1.82. The van der Waals surface area contributed by atoms with Crippen molar-refractivity contribution in [3.63, 3.8) is 0 Å². The van der Waals surface area contributed by atoms with Gasteiger partial charge in [-0.15, -0.1) is 11.8 Å². The molecule has 0 saturated carbocycles. The fourth-order valence-corrected chi connectivity index (χ4v) is 4.62. The van der Waals surface area contributed by atoms with Crippen LogP contribution >= 0.6 is 11.8 Å². The second-order valence-corrected chi connectivity index (χ2v) is 8.43. The number of nitrogens with zero attached hydrogens (tertiary/aromatic N) is 1. The molecule has 2 atom stereocenters. The first-order chi connectivity index (χ1) is 13.5. The molecule has 1 aliphatic rings. The van der Waals surface area contributed by atoms with Crippen LogP contribution in [0.1, 0.15) is 29.7 Å². The van der Waals surface area contributed by atoms with Gasteiger partial charge in [-0.05, 0) is 38.0 Å². The van der Waals surface area contributed by atoms with Crippen LogP contribution in [0.4, 0.5) is 0 Å². The highest BCUT2D eigenvalue weighted by molar-refractivity contribution is 8.00. The summed E-state index contributed by atoms with van der Waals surface area (Å²) < 4.78 is 5.52. The predicted molar refractivity (Wildman–Crippen MR) is 116 cm³/mol. The number of carbonyl (C=O) groups is 1. The van der Waals surface area contributed by atoms with Crippen molar-refractivity contribution in [1.82, 2.24) is 10.2 Å². The molecule has 4 nitrogen and oxygen atoms in total. The van der Waals surface area contributed by atoms with Gasteiger partial charge in [0.05, 0.1) is 25.0 Å². The average molecular weight is 399 g/mol. The van der Waals surface area contributed by atoms with Gasteiger partial charge in [0.2, 0.25) is 5.91 Å². The number of aryl methyl sites for hydroxylation is 2. The Morgan fingerprint density at radius 3 is 2.54 bits per heavy atom. The average Bonchev–Trinajstić information content (AvgIpc) is 2.69. The molecule has 0 spiro atoms. The van der Waals surface area contributed by atoms with Crippen LogP contribution in [0.2, 0.25) is 0 Å². The molecule has 1 fully saturated rings. The first kappa shape index (κ1) is 20.9. The van der Waals surface area contributed by atoms with Crippen LogP contribution in [0.15, 0.2) is 53.4 Å². The Labute approximate surface area is 172 Å². The molecule has 28 heavy (non-hydrogen) atoms. The van der Waals surface area contributed by atoms with Crippen molar-refractivity contribution in [1.29, 1.82) is 0 Å². The molecule has 0 bridgehead atoms. The van der Waals surface area contributed by atoms with E-state index in [4.69, 9.17) is 4.74 Å². The smallest absolute Gasteiger partial charge is 0.230 e. The van der Waals surface area contributed by atoms with Crippen LogP contribution < -0.4 is 5.32 Å². The zero-order valence-electron chi connectivity index (χ0n) is 17.0. The molecule has 5 heteroatoms. The van der Waals surface area contributed by atoms with Gasteiger partial charge in [0.1, 0.15) is 0 Å². The number of ether oxygens (including phenoxy) is 1. The van der Waals surface area contributed by atoms with Crippen molar-refractivity contribution in [2.24, 2.45) is 0 Å². The highest BCUT2D eigenvalue weighted by atomic mass is 32.2. The van der Waals surface area contributed by atoms with Gasteiger partial charge in [-0.3, -0.25) is 9.69 Å². The molecule has 1 amide bonds. The number of hydrogen-bond acceptors (Lipinski definition) is 4. The Bertz CT molecular complexity index is 775. The molecular formula is C23H30N2O2S. The molecule has 150 valence electrons. The molecule has 1 saturated heterocycles. The Morgan fingerprint density at radius 2 is 1.86 bits per heavy atom. The van der Waals surface area contributed by atoms with E-state index in [0.29, 0.717) is 5.75 Å². The van der Waals surface area contributed by atoms with E-state index in [-0.39, 0.29) is 18.0 Å². The van der Waals surface area contributed by atoms with Crippen molar-refractivity contribution in [2.45, 2.75) is 37.8 Å². The molecule has 0 aliphatic carbocycles. The largest absolute Gasteiger partial charge is 0.379 e. The molecule has 2 aromatic rings. The maximum Gasteiger partial charge on any atom is 0.230 e. The van der Waals surface area contributed by atoms with E-state index in [1.54, 1.807) is 11.8 Å². The maximum absolute atomic E-state index is 12.6. The van der Waals surface area contributed by atoms with Crippen molar-refractivity contribution in [3.05, 3.63) is 65.2 Å². The van der Waals surface area contributed by atoms with Crippen LogP contribution in [0.5, 0.6) is 0 Å². The summed E-state index contributed by atoms with van der Waals surface area (Å²) in [5.41, 5.74) is 3.71. The minimum Gasteiger partial charge on any atom is -0.379 e. The van der Waals surface area contributed by atoms with E-state index < -0.39 is 0 Å². The zero-order valence-corrected chi connectivity index (χ0v) is 17.8. The fraction of sp³-hybridized carbons (Fsp3) is 0.435. The summed E-state index contributed by atoms with van der Waals surface area (Å²) in [4.78, 5) is 16.2. The fourth-order valence-electron chi connectivity index (χ4n) is 3.80. The molecule has 3 rings (SSSR count). The van der Waals surface area contributed by atoms with E-state index in [9.17, 15) is 4.79 Å². The maximum atomic E-state index is 12.6. The quantitative estimate of drug-likeness (QED) is 0.717. The summed E-state index contributed by atoms with van der Waals surface area (Å²) in [7, 11) is 0. The van der Waals surface area contributed by atoms with Crippen LogP contribution in [-0.2, 0) is 9.53 Å². The lowest BCUT2D eigenvalue weighted by molar-refractivity contribution is -0.119. The number of thioether (sulfide) groups is 1. The lowest BCUT2D eigenvalue weighted by Crippen LogP contribution is -2.48. The second-order valence-electron chi connectivity index (χ2n) is 7.42. The monoisotopic (exact) mass is 398 g/mol. The molecule has 2 aromatic carbocycles. The van der Waals surface area contributed by atoms with Gasteiger partial charge in [0, 0.05) is 24.0 Å². The number of morpholine rings is 1. The van der Waals surface area contributed by atoms with Gasteiger partial charge in [-0.1, -0.05) is 48.0 Å². The third-order valence-electron chi connectivity index (χ3n) is 5.13. The number of hydrogen-bond donors (Lipinski definition) is 1. The van der Waals surface area contributed by atoms with Crippen LogP contribution in [0.25, 0.3) is 0 Å². The summed E-state index contributed by atoms with van der Waals surface area (Å²) in [5, 5.41) is 3.23. The highest BCUT2D eigenvalue weighted by Gasteiger charge is 2.28. The van der Waals surface area contributed by atoms with E-state index in [1.165, 1.54) is 21.6 Å². The molecule has 0 radical (unpaired) electrons.